The molecular formula is C19H30N4O3. The topological polar surface area (TPSA) is 77.9 Å². The summed E-state index contributed by atoms with van der Waals surface area (Å²) in [5, 5.41) is 12.5. The number of hydrogen-bond acceptors (Lipinski definition) is 6. The van der Waals surface area contributed by atoms with Crippen LogP contribution in [0.3, 0.4) is 0 Å². The lowest BCUT2D eigenvalue weighted by molar-refractivity contribution is 0.0268. The molecule has 2 fully saturated rings. The summed E-state index contributed by atoms with van der Waals surface area (Å²) < 4.78 is 5.53. The second-order valence-corrected chi connectivity index (χ2v) is 7.47. The molecule has 3 rings (SSSR count). The van der Waals surface area contributed by atoms with Crippen LogP contribution in [0.25, 0.3) is 0 Å². The Balaban J connectivity index is 1.70. The third kappa shape index (κ3) is 4.52. The highest BCUT2D eigenvalue weighted by Crippen LogP contribution is 2.26. The van der Waals surface area contributed by atoms with Gasteiger partial charge in [0.2, 0.25) is 5.88 Å². The van der Waals surface area contributed by atoms with Crippen molar-refractivity contribution in [2.75, 3.05) is 32.7 Å². The molecule has 1 unspecified atom stereocenters. The third-order valence-corrected chi connectivity index (χ3v) is 5.51. The third-order valence-electron chi connectivity index (χ3n) is 5.51. The first kappa shape index (κ1) is 19.1. The first-order chi connectivity index (χ1) is 12.6. The van der Waals surface area contributed by atoms with Crippen molar-refractivity contribution in [1.29, 1.82) is 0 Å². The van der Waals surface area contributed by atoms with Gasteiger partial charge in [0.15, 0.2) is 0 Å². The fourth-order valence-electron chi connectivity index (χ4n) is 3.87. The Morgan fingerprint density at radius 3 is 2.73 bits per heavy atom. The molecule has 7 nitrogen and oxygen atoms in total. The van der Waals surface area contributed by atoms with Crippen LogP contribution >= 0.6 is 0 Å². The van der Waals surface area contributed by atoms with Crippen molar-refractivity contribution in [3.8, 4) is 5.88 Å². The summed E-state index contributed by atoms with van der Waals surface area (Å²) in [6.07, 6.45) is 3.39. The number of ether oxygens (including phenoxy) is 1. The quantitative estimate of drug-likeness (QED) is 0.845. The average molecular weight is 362 g/mol. The van der Waals surface area contributed by atoms with E-state index >= 15 is 0 Å². The molecule has 2 aliphatic rings. The van der Waals surface area contributed by atoms with E-state index in [4.69, 9.17) is 9.84 Å². The van der Waals surface area contributed by atoms with Crippen LogP contribution in [0.1, 0.15) is 32.3 Å². The molecule has 2 aliphatic heterocycles. The number of piperazine rings is 1. The molecule has 26 heavy (non-hydrogen) atoms. The van der Waals surface area contributed by atoms with Crippen molar-refractivity contribution in [1.82, 2.24) is 20.1 Å². The molecule has 0 spiro atoms. The Morgan fingerprint density at radius 1 is 1.35 bits per heavy atom. The van der Waals surface area contributed by atoms with Crippen molar-refractivity contribution < 1.29 is 14.6 Å². The molecule has 1 amide bonds. The fourth-order valence-corrected chi connectivity index (χ4v) is 3.87. The van der Waals surface area contributed by atoms with Crippen LogP contribution in [0.5, 0.6) is 5.88 Å². The molecule has 1 aromatic rings. The zero-order valence-electron chi connectivity index (χ0n) is 15.7. The first-order valence-corrected chi connectivity index (χ1v) is 9.57. The fraction of sp³-hybridized carbons (Fsp3) is 0.684. The van der Waals surface area contributed by atoms with Gasteiger partial charge in [0.25, 0.3) is 0 Å². The number of carbonyl (C=O) groups excluding carboxylic acids is 1. The lowest BCUT2D eigenvalue weighted by Crippen LogP contribution is -2.60. The maximum atomic E-state index is 12.8. The van der Waals surface area contributed by atoms with E-state index in [0.717, 1.165) is 39.0 Å². The van der Waals surface area contributed by atoms with E-state index in [0.29, 0.717) is 24.1 Å². The molecule has 0 aliphatic carbocycles. The minimum absolute atomic E-state index is 0.0732. The van der Waals surface area contributed by atoms with Crippen LogP contribution in [0.2, 0.25) is 0 Å². The van der Waals surface area contributed by atoms with Gasteiger partial charge in [0.1, 0.15) is 0 Å². The predicted octanol–water partition coefficient (Wildman–Crippen LogP) is 1.47. The largest absolute Gasteiger partial charge is 0.416 e. The summed E-state index contributed by atoms with van der Waals surface area (Å²) >= 11 is 0. The Bertz CT molecular complexity index is 587. The van der Waals surface area contributed by atoms with Gasteiger partial charge in [0, 0.05) is 37.9 Å². The highest BCUT2D eigenvalue weighted by atomic mass is 16.6. The number of aliphatic hydroxyl groups excluding tert-OH is 1. The van der Waals surface area contributed by atoms with Gasteiger partial charge in [-0.1, -0.05) is 0 Å². The van der Waals surface area contributed by atoms with Crippen molar-refractivity contribution in [3.63, 3.8) is 0 Å². The zero-order chi connectivity index (χ0) is 18.5. The molecule has 3 heterocycles. The number of nitrogens with zero attached hydrogens (tertiary/aromatic N) is 3. The molecule has 144 valence electrons. The number of rotatable bonds is 4. The number of hydrogen-bond donors (Lipinski definition) is 2. The minimum Gasteiger partial charge on any atom is -0.392 e. The lowest BCUT2D eigenvalue weighted by atomic mass is 9.87. The van der Waals surface area contributed by atoms with Crippen LogP contribution in [0, 0.1) is 5.92 Å². The van der Waals surface area contributed by atoms with E-state index in [9.17, 15) is 4.79 Å². The van der Waals surface area contributed by atoms with Gasteiger partial charge in [0.05, 0.1) is 12.6 Å². The van der Waals surface area contributed by atoms with E-state index in [1.807, 2.05) is 4.90 Å². The molecule has 0 bridgehead atoms. The second kappa shape index (κ2) is 8.79. The molecule has 1 atom stereocenters. The monoisotopic (exact) mass is 362 g/mol. The highest BCUT2D eigenvalue weighted by Gasteiger charge is 2.37. The van der Waals surface area contributed by atoms with Gasteiger partial charge in [-0.25, -0.2) is 9.78 Å². The SMILES string of the molecule is CC(C)N1CCN(C(=O)Oc2ccc(CO)cn2)C(C2CCNCC2)C1. The molecule has 0 radical (unpaired) electrons. The van der Waals surface area contributed by atoms with E-state index < -0.39 is 0 Å². The van der Waals surface area contributed by atoms with Gasteiger partial charge in [-0.15, -0.1) is 0 Å². The standard InChI is InChI=1S/C19H30N4O3/c1-14(2)22-9-10-23(17(12-22)16-5-7-20-8-6-16)19(25)26-18-4-3-15(13-24)11-21-18/h3-4,11,14,16-17,20,24H,5-10,12-13H2,1-2H3. The van der Waals surface area contributed by atoms with Crippen LogP contribution in [0.15, 0.2) is 18.3 Å². The molecule has 2 N–H and O–H groups in total. The maximum Gasteiger partial charge on any atom is 0.416 e. The van der Waals surface area contributed by atoms with Crippen LogP contribution < -0.4 is 10.1 Å². The Kier molecular flexibility index (Phi) is 6.45. The lowest BCUT2D eigenvalue weighted by Gasteiger charge is -2.46. The van der Waals surface area contributed by atoms with Crippen molar-refractivity contribution in [2.24, 2.45) is 5.92 Å². The van der Waals surface area contributed by atoms with Crippen molar-refractivity contribution >= 4 is 6.09 Å². The smallest absolute Gasteiger partial charge is 0.392 e. The number of nitrogens with one attached hydrogen (secondary N) is 1. The number of carbonyl (C=O) groups is 1. The van der Waals surface area contributed by atoms with Gasteiger partial charge in [-0.3, -0.25) is 4.90 Å². The summed E-state index contributed by atoms with van der Waals surface area (Å²) in [5.41, 5.74) is 0.697. The normalized spacial score (nSPS) is 22.6. The first-order valence-electron chi connectivity index (χ1n) is 9.57. The van der Waals surface area contributed by atoms with Crippen LogP contribution in [-0.2, 0) is 6.61 Å². The molecule has 1 aromatic heterocycles. The van der Waals surface area contributed by atoms with Gasteiger partial charge >= 0.3 is 6.09 Å². The Labute approximate surface area is 155 Å². The zero-order valence-corrected chi connectivity index (χ0v) is 15.7. The highest BCUT2D eigenvalue weighted by molar-refractivity contribution is 5.70. The number of aromatic nitrogens is 1. The number of aliphatic hydroxyl groups is 1. The van der Waals surface area contributed by atoms with E-state index in [1.165, 1.54) is 6.20 Å². The molecule has 7 heteroatoms. The summed E-state index contributed by atoms with van der Waals surface area (Å²) in [4.78, 5) is 21.3. The second-order valence-electron chi connectivity index (χ2n) is 7.47. The summed E-state index contributed by atoms with van der Waals surface area (Å²) in [6, 6.07) is 4.01. The minimum atomic E-state index is -0.318. The molecular weight excluding hydrogens is 332 g/mol. The van der Waals surface area contributed by atoms with Crippen molar-refractivity contribution in [2.45, 2.75) is 45.4 Å². The Hall–Kier alpha value is -1.70. The van der Waals surface area contributed by atoms with E-state index in [2.05, 4.69) is 29.0 Å². The number of piperidine rings is 1. The van der Waals surface area contributed by atoms with Crippen LogP contribution in [-0.4, -0.2) is 70.8 Å². The van der Waals surface area contributed by atoms with Gasteiger partial charge in [-0.05, 0) is 57.3 Å². The summed E-state index contributed by atoms with van der Waals surface area (Å²) in [7, 11) is 0. The Morgan fingerprint density at radius 2 is 2.12 bits per heavy atom. The van der Waals surface area contributed by atoms with E-state index in [-0.39, 0.29) is 24.6 Å². The summed E-state index contributed by atoms with van der Waals surface area (Å²) in [5.74, 6) is 0.776. The van der Waals surface area contributed by atoms with Crippen LogP contribution in [0.4, 0.5) is 4.79 Å². The number of pyridine rings is 1. The van der Waals surface area contributed by atoms with Crippen molar-refractivity contribution in [3.05, 3.63) is 23.9 Å². The van der Waals surface area contributed by atoms with Gasteiger partial charge in [-0.2, -0.15) is 0 Å². The molecule has 2 saturated heterocycles. The average Bonchev–Trinajstić information content (AvgIpc) is 2.68. The molecule has 0 aromatic carbocycles. The van der Waals surface area contributed by atoms with Gasteiger partial charge < -0.3 is 20.1 Å². The maximum absolute atomic E-state index is 12.8. The summed E-state index contributed by atoms with van der Waals surface area (Å²) in [6.45, 7) is 8.81. The van der Waals surface area contributed by atoms with E-state index in [1.54, 1.807) is 12.1 Å². The predicted molar refractivity (Wildman–Crippen MR) is 99.0 cm³/mol. The molecule has 0 saturated carbocycles. The number of amides is 1.